The van der Waals surface area contributed by atoms with Crippen molar-refractivity contribution in [2.24, 2.45) is 0 Å². The van der Waals surface area contributed by atoms with Gasteiger partial charge in [-0.2, -0.15) is 0 Å². The van der Waals surface area contributed by atoms with Crippen molar-refractivity contribution in [2.75, 3.05) is 19.0 Å². The minimum Gasteiger partial charge on any atom is -0.496 e. The van der Waals surface area contributed by atoms with Gasteiger partial charge in [-0.1, -0.05) is 46.8 Å². The first kappa shape index (κ1) is 16.1. The number of alkyl halides is 1. The number of ether oxygens (including phenoxy) is 1. The fraction of sp³-hybridized carbons (Fsp3) is 0.625. The summed E-state index contributed by atoms with van der Waals surface area (Å²) in [5.41, 5.74) is 1.19. The first-order chi connectivity index (χ1) is 9.74. The van der Waals surface area contributed by atoms with Gasteiger partial charge in [0.05, 0.1) is 7.11 Å². The highest BCUT2D eigenvalue weighted by Gasteiger charge is 2.21. The predicted molar refractivity (Wildman–Crippen MR) is 89.1 cm³/mol. The van der Waals surface area contributed by atoms with Crippen molar-refractivity contribution in [1.82, 2.24) is 4.90 Å². The van der Waals surface area contributed by atoms with Gasteiger partial charge in [-0.3, -0.25) is 4.90 Å². The van der Waals surface area contributed by atoms with Gasteiger partial charge in [0.2, 0.25) is 0 Å². The third-order valence-corrected chi connectivity index (χ3v) is 4.67. The summed E-state index contributed by atoms with van der Waals surface area (Å²) >= 11 is 9.72. The van der Waals surface area contributed by atoms with Crippen molar-refractivity contribution in [3.63, 3.8) is 0 Å². The molecule has 1 saturated carbocycles. The molecular weight excluding hydrogens is 338 g/mol. The molecule has 2 rings (SSSR count). The smallest absolute Gasteiger partial charge is 0.123 e. The number of methoxy groups -OCH3 is 1. The lowest BCUT2D eigenvalue weighted by Crippen LogP contribution is -2.37. The van der Waals surface area contributed by atoms with Gasteiger partial charge in [-0.25, -0.2) is 0 Å². The average molecular weight is 361 g/mol. The second-order valence-corrected chi connectivity index (χ2v) is 6.64. The molecule has 0 aromatic heterocycles. The monoisotopic (exact) mass is 359 g/mol. The number of nitrogens with zero attached hydrogens (tertiary/aromatic N) is 1. The fourth-order valence-corrected chi connectivity index (χ4v) is 3.69. The Labute approximate surface area is 135 Å². The molecule has 0 spiro atoms. The second kappa shape index (κ2) is 8.26. The van der Waals surface area contributed by atoms with Crippen molar-refractivity contribution >= 4 is 27.5 Å². The summed E-state index contributed by atoms with van der Waals surface area (Å²) in [6, 6.07) is 6.58. The molecule has 1 aromatic rings. The first-order valence-electron chi connectivity index (χ1n) is 7.37. The fourth-order valence-electron chi connectivity index (χ4n) is 3.03. The molecule has 1 aliphatic rings. The van der Waals surface area contributed by atoms with Gasteiger partial charge in [0.25, 0.3) is 0 Å². The van der Waals surface area contributed by atoms with Gasteiger partial charge in [0.1, 0.15) is 5.75 Å². The van der Waals surface area contributed by atoms with Crippen molar-refractivity contribution < 1.29 is 4.74 Å². The Morgan fingerprint density at radius 1 is 1.30 bits per heavy atom. The molecule has 0 saturated heterocycles. The molecule has 0 heterocycles. The molecule has 1 aromatic carbocycles. The Morgan fingerprint density at radius 3 is 2.70 bits per heavy atom. The predicted octanol–water partition coefficient (Wildman–Crippen LogP) is 4.88. The Balaban J connectivity index is 2.12. The molecule has 112 valence electrons. The Morgan fingerprint density at radius 2 is 2.05 bits per heavy atom. The van der Waals surface area contributed by atoms with Crippen LogP contribution in [-0.2, 0) is 6.54 Å². The molecule has 1 aliphatic carbocycles. The van der Waals surface area contributed by atoms with E-state index >= 15 is 0 Å². The van der Waals surface area contributed by atoms with Gasteiger partial charge in [-0.05, 0) is 31.0 Å². The van der Waals surface area contributed by atoms with Crippen LogP contribution < -0.4 is 4.74 Å². The molecule has 2 nitrogen and oxygen atoms in total. The third-order valence-electron chi connectivity index (χ3n) is 4.08. The largest absolute Gasteiger partial charge is 0.496 e. The van der Waals surface area contributed by atoms with E-state index in [1.54, 1.807) is 7.11 Å². The standard InChI is InChI=1S/C16H23BrClNO/c1-20-16-8-7-14(18)11-13(16)12-19(10-9-17)15-5-3-2-4-6-15/h7-8,11,15H,2-6,9-10,12H2,1H3. The van der Waals surface area contributed by atoms with Crippen LogP contribution >= 0.6 is 27.5 Å². The normalized spacial score (nSPS) is 16.6. The van der Waals surface area contributed by atoms with E-state index in [9.17, 15) is 0 Å². The van der Waals surface area contributed by atoms with Crippen LogP contribution in [0.25, 0.3) is 0 Å². The van der Waals surface area contributed by atoms with E-state index in [0.29, 0.717) is 6.04 Å². The van der Waals surface area contributed by atoms with Crippen LogP contribution in [0.1, 0.15) is 37.7 Å². The molecule has 20 heavy (non-hydrogen) atoms. The maximum Gasteiger partial charge on any atom is 0.123 e. The third kappa shape index (κ3) is 4.37. The minimum absolute atomic E-state index is 0.699. The van der Waals surface area contributed by atoms with Crippen molar-refractivity contribution in [3.8, 4) is 5.75 Å². The topological polar surface area (TPSA) is 12.5 Å². The summed E-state index contributed by atoms with van der Waals surface area (Å²) in [6.45, 7) is 1.99. The molecule has 0 aliphatic heterocycles. The van der Waals surface area contributed by atoms with Crippen molar-refractivity contribution in [3.05, 3.63) is 28.8 Å². The van der Waals surface area contributed by atoms with E-state index < -0.39 is 0 Å². The Bertz CT molecular complexity index is 421. The first-order valence-corrected chi connectivity index (χ1v) is 8.87. The van der Waals surface area contributed by atoms with Crippen LogP contribution in [0.3, 0.4) is 0 Å². The minimum atomic E-state index is 0.699. The van der Waals surface area contributed by atoms with E-state index in [1.165, 1.54) is 37.7 Å². The zero-order valence-electron chi connectivity index (χ0n) is 12.1. The lowest BCUT2D eigenvalue weighted by molar-refractivity contribution is 0.156. The Kier molecular flexibility index (Phi) is 6.66. The summed E-state index contributed by atoms with van der Waals surface area (Å²) in [5.74, 6) is 0.935. The number of hydrogen-bond donors (Lipinski definition) is 0. The summed E-state index contributed by atoms with van der Waals surface area (Å²) in [5, 5.41) is 1.79. The van der Waals surface area contributed by atoms with Crippen LogP contribution in [-0.4, -0.2) is 29.9 Å². The lowest BCUT2D eigenvalue weighted by atomic mass is 9.94. The summed E-state index contributed by atoms with van der Waals surface area (Å²) < 4.78 is 5.47. The maximum atomic E-state index is 6.14. The lowest BCUT2D eigenvalue weighted by Gasteiger charge is -2.34. The summed E-state index contributed by atoms with van der Waals surface area (Å²) in [7, 11) is 1.72. The van der Waals surface area contributed by atoms with Crippen molar-refractivity contribution in [2.45, 2.75) is 44.7 Å². The zero-order chi connectivity index (χ0) is 14.4. The van der Waals surface area contributed by atoms with Crippen LogP contribution in [0, 0.1) is 0 Å². The number of benzene rings is 1. The van der Waals surface area contributed by atoms with Gasteiger partial charge in [0.15, 0.2) is 0 Å². The SMILES string of the molecule is COc1ccc(Cl)cc1CN(CCBr)C1CCCCC1. The molecule has 0 radical (unpaired) electrons. The number of rotatable bonds is 6. The van der Waals surface area contributed by atoms with Gasteiger partial charge in [-0.15, -0.1) is 0 Å². The Hall–Kier alpha value is -0.250. The van der Waals surface area contributed by atoms with Crippen LogP contribution in [0.2, 0.25) is 5.02 Å². The average Bonchev–Trinajstić information content (AvgIpc) is 2.48. The van der Waals surface area contributed by atoms with Gasteiger partial charge in [0, 0.05) is 35.0 Å². The van der Waals surface area contributed by atoms with E-state index in [4.69, 9.17) is 16.3 Å². The van der Waals surface area contributed by atoms with Gasteiger partial charge < -0.3 is 4.74 Å². The molecule has 4 heteroatoms. The molecule has 0 amide bonds. The molecule has 0 atom stereocenters. The van der Waals surface area contributed by atoms with Gasteiger partial charge >= 0.3 is 0 Å². The van der Waals surface area contributed by atoms with E-state index in [-0.39, 0.29) is 0 Å². The van der Waals surface area contributed by atoms with Crippen LogP contribution in [0.15, 0.2) is 18.2 Å². The number of halogens is 2. The highest BCUT2D eigenvalue weighted by atomic mass is 79.9. The van der Waals surface area contributed by atoms with E-state index in [0.717, 1.165) is 29.2 Å². The summed E-state index contributed by atoms with van der Waals surface area (Å²) in [6.07, 6.45) is 6.73. The molecule has 0 N–H and O–H groups in total. The molecule has 1 fully saturated rings. The zero-order valence-corrected chi connectivity index (χ0v) is 14.4. The van der Waals surface area contributed by atoms with Crippen LogP contribution in [0.5, 0.6) is 5.75 Å². The quantitative estimate of drug-likeness (QED) is 0.670. The van der Waals surface area contributed by atoms with Crippen molar-refractivity contribution in [1.29, 1.82) is 0 Å². The summed E-state index contributed by atoms with van der Waals surface area (Å²) in [4.78, 5) is 2.57. The molecule has 0 unspecified atom stereocenters. The highest BCUT2D eigenvalue weighted by Crippen LogP contribution is 2.28. The van der Waals surface area contributed by atoms with E-state index in [2.05, 4.69) is 20.8 Å². The van der Waals surface area contributed by atoms with Crippen LogP contribution in [0.4, 0.5) is 0 Å². The molecular formula is C16H23BrClNO. The maximum absolute atomic E-state index is 6.14. The van der Waals surface area contributed by atoms with E-state index in [1.807, 2.05) is 18.2 Å². The second-order valence-electron chi connectivity index (χ2n) is 5.41. The molecule has 0 bridgehead atoms. The highest BCUT2D eigenvalue weighted by molar-refractivity contribution is 9.09. The number of hydrogen-bond acceptors (Lipinski definition) is 2.